The predicted molar refractivity (Wildman–Crippen MR) is 90.3 cm³/mol. The third kappa shape index (κ3) is 1.90. The van der Waals surface area contributed by atoms with Crippen molar-refractivity contribution >= 4 is 16.6 Å². The molecule has 22 heavy (non-hydrogen) atoms. The Morgan fingerprint density at radius 1 is 0.864 bits per heavy atom. The number of allylic oxidation sites excluding steroid dienone is 1. The Hall–Kier alpha value is -2.67. The van der Waals surface area contributed by atoms with Gasteiger partial charge in [-0.25, -0.2) is 0 Å². The first-order chi connectivity index (χ1) is 10.8. The monoisotopic (exact) mass is 284 g/mol. The van der Waals surface area contributed by atoms with E-state index >= 15 is 0 Å². The smallest absolute Gasteiger partial charge is 0.189 e. The number of carbonyl (C=O) groups is 1. The quantitative estimate of drug-likeness (QED) is 0.610. The molecule has 1 aliphatic rings. The van der Waals surface area contributed by atoms with Gasteiger partial charge in [0, 0.05) is 17.1 Å². The van der Waals surface area contributed by atoms with Crippen molar-refractivity contribution in [1.29, 1.82) is 0 Å². The number of carbonyl (C=O) groups excluding carboxylic acids is 1. The lowest BCUT2D eigenvalue weighted by atomic mass is 9.90. The Bertz CT molecular complexity index is 890. The fourth-order valence-corrected chi connectivity index (χ4v) is 3.42. The van der Waals surface area contributed by atoms with Gasteiger partial charge < -0.3 is 0 Å². The van der Waals surface area contributed by atoms with Crippen LogP contribution in [0, 0.1) is 0 Å². The molecule has 106 valence electrons. The minimum Gasteiger partial charge on any atom is -0.289 e. The van der Waals surface area contributed by atoms with Gasteiger partial charge in [-0.05, 0) is 28.3 Å². The minimum absolute atomic E-state index is 0.0921. The molecule has 1 nitrogen and oxygen atoms in total. The molecule has 0 saturated heterocycles. The zero-order valence-electron chi connectivity index (χ0n) is 12.3. The van der Waals surface area contributed by atoms with Crippen LogP contribution in [0.1, 0.15) is 27.4 Å². The molecule has 3 aromatic carbocycles. The SMILES string of the molecule is C=C1C(=O)c2c(ccc3ccccc23)C1Cc1ccccc1. The fourth-order valence-electron chi connectivity index (χ4n) is 3.42. The molecule has 0 spiro atoms. The summed E-state index contributed by atoms with van der Waals surface area (Å²) in [6.07, 6.45) is 0.830. The Balaban J connectivity index is 1.86. The van der Waals surface area contributed by atoms with Gasteiger partial charge in [-0.2, -0.15) is 0 Å². The summed E-state index contributed by atoms with van der Waals surface area (Å²) in [5, 5.41) is 2.16. The van der Waals surface area contributed by atoms with Crippen molar-refractivity contribution in [3.8, 4) is 0 Å². The summed E-state index contributed by atoms with van der Waals surface area (Å²) in [5.74, 6) is 0.197. The highest BCUT2D eigenvalue weighted by molar-refractivity contribution is 6.20. The van der Waals surface area contributed by atoms with E-state index < -0.39 is 0 Å². The van der Waals surface area contributed by atoms with E-state index in [-0.39, 0.29) is 11.7 Å². The first kappa shape index (κ1) is 13.0. The second kappa shape index (κ2) is 4.96. The van der Waals surface area contributed by atoms with Gasteiger partial charge in [0.15, 0.2) is 5.78 Å². The van der Waals surface area contributed by atoms with Crippen LogP contribution in [0.5, 0.6) is 0 Å². The first-order valence-electron chi connectivity index (χ1n) is 7.55. The molecule has 0 fully saturated rings. The van der Waals surface area contributed by atoms with E-state index in [0.29, 0.717) is 0 Å². The summed E-state index contributed by atoms with van der Waals surface area (Å²) < 4.78 is 0. The molecule has 3 aromatic rings. The summed E-state index contributed by atoms with van der Waals surface area (Å²) in [4.78, 5) is 12.7. The number of Topliss-reactive ketones (excluding diaryl/α,β-unsaturated/α-hetero) is 1. The third-order valence-corrected chi connectivity index (χ3v) is 4.56. The summed E-state index contributed by atoms with van der Waals surface area (Å²) in [5.41, 5.74) is 3.93. The second-order valence-electron chi connectivity index (χ2n) is 5.85. The standard InChI is InChI=1S/C21H16O/c1-14-19(13-15-7-3-2-4-8-15)18-12-11-16-9-5-6-10-17(16)20(18)21(14)22/h2-12,19H,1,13H2. The van der Waals surface area contributed by atoms with E-state index in [4.69, 9.17) is 0 Å². The number of ketones is 1. The highest BCUT2D eigenvalue weighted by Crippen LogP contribution is 2.41. The van der Waals surface area contributed by atoms with Gasteiger partial charge in [0.1, 0.15) is 0 Å². The maximum atomic E-state index is 12.7. The second-order valence-corrected chi connectivity index (χ2v) is 5.85. The average Bonchev–Trinajstić information content (AvgIpc) is 2.81. The van der Waals surface area contributed by atoms with E-state index in [1.807, 2.05) is 36.4 Å². The van der Waals surface area contributed by atoms with Crippen LogP contribution >= 0.6 is 0 Å². The van der Waals surface area contributed by atoms with E-state index in [1.165, 1.54) is 5.56 Å². The summed E-state index contributed by atoms with van der Waals surface area (Å²) in [6, 6.07) is 22.6. The third-order valence-electron chi connectivity index (χ3n) is 4.56. The van der Waals surface area contributed by atoms with Crippen LogP contribution in [-0.4, -0.2) is 5.78 Å². The van der Waals surface area contributed by atoms with Gasteiger partial charge >= 0.3 is 0 Å². The summed E-state index contributed by atoms with van der Waals surface area (Å²) in [6.45, 7) is 4.08. The van der Waals surface area contributed by atoms with E-state index in [9.17, 15) is 4.79 Å². The molecule has 0 heterocycles. The molecule has 0 aliphatic heterocycles. The molecule has 0 saturated carbocycles. The zero-order valence-corrected chi connectivity index (χ0v) is 12.3. The lowest BCUT2D eigenvalue weighted by molar-refractivity contribution is 0.103. The van der Waals surface area contributed by atoms with Crippen molar-refractivity contribution in [3.05, 3.63) is 95.6 Å². The Labute approximate surface area is 129 Å². The normalized spacial score (nSPS) is 17.0. The van der Waals surface area contributed by atoms with Crippen molar-refractivity contribution in [2.45, 2.75) is 12.3 Å². The Morgan fingerprint density at radius 3 is 2.41 bits per heavy atom. The maximum Gasteiger partial charge on any atom is 0.189 e. The van der Waals surface area contributed by atoms with Gasteiger partial charge in [-0.1, -0.05) is 73.3 Å². The average molecular weight is 284 g/mol. The van der Waals surface area contributed by atoms with Crippen LogP contribution < -0.4 is 0 Å². The number of benzene rings is 3. The molecule has 0 radical (unpaired) electrons. The Morgan fingerprint density at radius 2 is 1.59 bits per heavy atom. The maximum absolute atomic E-state index is 12.7. The molecule has 0 bridgehead atoms. The van der Waals surface area contributed by atoms with Gasteiger partial charge in [0.2, 0.25) is 0 Å². The molecule has 4 rings (SSSR count). The molecular formula is C21H16O. The fraction of sp³-hybridized carbons (Fsp3) is 0.0952. The number of hydrogen-bond donors (Lipinski definition) is 0. The van der Waals surface area contributed by atoms with Crippen LogP contribution in [0.3, 0.4) is 0 Å². The largest absolute Gasteiger partial charge is 0.289 e. The highest BCUT2D eigenvalue weighted by atomic mass is 16.1. The van der Waals surface area contributed by atoms with Crippen molar-refractivity contribution in [2.75, 3.05) is 0 Å². The molecule has 1 aliphatic carbocycles. The molecule has 0 N–H and O–H groups in total. The van der Waals surface area contributed by atoms with Crippen LogP contribution in [-0.2, 0) is 6.42 Å². The summed E-state index contributed by atoms with van der Waals surface area (Å²) >= 11 is 0. The van der Waals surface area contributed by atoms with Crippen LogP contribution in [0.4, 0.5) is 0 Å². The van der Waals surface area contributed by atoms with Crippen LogP contribution in [0.15, 0.2) is 78.9 Å². The van der Waals surface area contributed by atoms with Crippen LogP contribution in [0.2, 0.25) is 0 Å². The summed E-state index contributed by atoms with van der Waals surface area (Å²) in [7, 11) is 0. The van der Waals surface area contributed by atoms with E-state index in [1.54, 1.807) is 0 Å². The molecule has 1 unspecified atom stereocenters. The van der Waals surface area contributed by atoms with Crippen molar-refractivity contribution in [1.82, 2.24) is 0 Å². The molecular weight excluding hydrogens is 268 g/mol. The lowest BCUT2D eigenvalue weighted by Gasteiger charge is -2.12. The van der Waals surface area contributed by atoms with Gasteiger partial charge in [-0.15, -0.1) is 0 Å². The minimum atomic E-state index is 0.0921. The van der Waals surface area contributed by atoms with Gasteiger partial charge in [0.05, 0.1) is 0 Å². The van der Waals surface area contributed by atoms with Gasteiger partial charge in [-0.3, -0.25) is 4.79 Å². The first-order valence-corrected chi connectivity index (χ1v) is 7.55. The van der Waals surface area contributed by atoms with E-state index in [2.05, 4.69) is 36.9 Å². The molecule has 0 amide bonds. The zero-order chi connectivity index (χ0) is 15.1. The number of hydrogen-bond acceptors (Lipinski definition) is 1. The predicted octanol–water partition coefficient (Wildman–Crippen LogP) is 4.92. The Kier molecular flexibility index (Phi) is 2.93. The lowest BCUT2D eigenvalue weighted by Crippen LogP contribution is -2.02. The molecule has 0 aromatic heterocycles. The van der Waals surface area contributed by atoms with Crippen LogP contribution in [0.25, 0.3) is 10.8 Å². The van der Waals surface area contributed by atoms with E-state index in [0.717, 1.165) is 33.9 Å². The van der Waals surface area contributed by atoms with Crippen molar-refractivity contribution < 1.29 is 4.79 Å². The topological polar surface area (TPSA) is 17.1 Å². The molecule has 1 atom stereocenters. The van der Waals surface area contributed by atoms with Gasteiger partial charge in [0.25, 0.3) is 0 Å². The van der Waals surface area contributed by atoms with Crippen molar-refractivity contribution in [3.63, 3.8) is 0 Å². The number of rotatable bonds is 2. The number of fused-ring (bicyclic) bond motifs is 3. The molecule has 1 heteroatoms. The van der Waals surface area contributed by atoms with Crippen molar-refractivity contribution in [2.24, 2.45) is 0 Å². The highest BCUT2D eigenvalue weighted by Gasteiger charge is 2.34.